The maximum absolute atomic E-state index is 13.0. The zero-order valence-electron chi connectivity index (χ0n) is 13.8. The van der Waals surface area contributed by atoms with Crippen molar-refractivity contribution in [2.24, 2.45) is 13.0 Å². The molecule has 0 unspecified atom stereocenters. The van der Waals surface area contributed by atoms with Crippen molar-refractivity contribution in [3.05, 3.63) is 53.6 Å². The Kier molecular flexibility index (Phi) is 5.08. The van der Waals surface area contributed by atoms with Gasteiger partial charge >= 0.3 is 0 Å². The molecule has 2 heterocycles. The minimum Gasteiger partial charge on any atom is -0.380 e. The molecule has 1 fully saturated rings. The molecule has 4 nitrogen and oxygen atoms in total. The van der Waals surface area contributed by atoms with Crippen LogP contribution in [0.1, 0.15) is 17.5 Å². The molecule has 2 atom stereocenters. The summed E-state index contributed by atoms with van der Waals surface area (Å²) in [4.78, 5) is 2.42. The molecule has 2 aromatic rings. The molecule has 0 aliphatic carbocycles. The summed E-state index contributed by atoms with van der Waals surface area (Å²) in [5.41, 5.74) is 2.42. The molecule has 0 amide bonds. The largest absolute Gasteiger partial charge is 0.380 e. The number of hydrogen-bond acceptors (Lipinski definition) is 3. The van der Waals surface area contributed by atoms with Crippen molar-refractivity contribution in [1.29, 1.82) is 0 Å². The summed E-state index contributed by atoms with van der Waals surface area (Å²) >= 11 is 0. The summed E-state index contributed by atoms with van der Waals surface area (Å²) in [5, 5.41) is 4.23. The minimum atomic E-state index is -0.177. The fraction of sp³-hybridized carbons (Fsp3) is 0.500. The van der Waals surface area contributed by atoms with Crippen molar-refractivity contribution in [2.45, 2.75) is 25.5 Å². The van der Waals surface area contributed by atoms with E-state index in [0.717, 1.165) is 32.5 Å². The fourth-order valence-electron chi connectivity index (χ4n) is 3.41. The summed E-state index contributed by atoms with van der Waals surface area (Å²) in [5.74, 6) is 0.305. The number of halogens is 1. The van der Waals surface area contributed by atoms with Gasteiger partial charge in [-0.25, -0.2) is 4.39 Å². The first kappa shape index (κ1) is 16.1. The number of aryl methyl sites for hydroxylation is 1. The van der Waals surface area contributed by atoms with Crippen molar-refractivity contribution < 1.29 is 9.13 Å². The van der Waals surface area contributed by atoms with Gasteiger partial charge in [0.05, 0.1) is 12.3 Å². The second-order valence-corrected chi connectivity index (χ2v) is 6.41. The average molecular weight is 317 g/mol. The van der Waals surface area contributed by atoms with Crippen molar-refractivity contribution >= 4 is 0 Å². The lowest BCUT2D eigenvalue weighted by Gasteiger charge is -2.37. The number of methoxy groups -OCH3 is 1. The second-order valence-electron chi connectivity index (χ2n) is 6.41. The van der Waals surface area contributed by atoms with Crippen LogP contribution in [-0.2, 0) is 24.8 Å². The number of rotatable bonds is 5. The van der Waals surface area contributed by atoms with Crippen LogP contribution in [0.15, 0.2) is 36.7 Å². The topological polar surface area (TPSA) is 30.3 Å². The second kappa shape index (κ2) is 7.23. The van der Waals surface area contributed by atoms with Gasteiger partial charge in [-0.15, -0.1) is 0 Å². The first-order chi connectivity index (χ1) is 11.1. The number of nitrogens with zero attached hydrogens (tertiary/aromatic N) is 3. The van der Waals surface area contributed by atoms with Crippen LogP contribution in [0.3, 0.4) is 0 Å². The van der Waals surface area contributed by atoms with E-state index in [-0.39, 0.29) is 11.9 Å². The summed E-state index contributed by atoms with van der Waals surface area (Å²) in [6, 6.07) is 6.83. The van der Waals surface area contributed by atoms with E-state index >= 15 is 0 Å². The molecule has 1 aromatic heterocycles. The van der Waals surface area contributed by atoms with Crippen LogP contribution in [0.5, 0.6) is 0 Å². The Morgan fingerprint density at radius 1 is 1.26 bits per heavy atom. The van der Waals surface area contributed by atoms with Crippen LogP contribution in [0.4, 0.5) is 4.39 Å². The molecule has 124 valence electrons. The molecule has 0 N–H and O–H groups in total. The van der Waals surface area contributed by atoms with E-state index < -0.39 is 0 Å². The number of piperidine rings is 1. The van der Waals surface area contributed by atoms with Crippen LogP contribution in [0.2, 0.25) is 0 Å². The van der Waals surface area contributed by atoms with Gasteiger partial charge < -0.3 is 4.74 Å². The SMILES string of the molecule is CO[C@H]1CN(Cc2cnn(C)c2)CC[C@@H]1Cc1ccc(F)cc1. The third-order valence-corrected chi connectivity index (χ3v) is 4.66. The summed E-state index contributed by atoms with van der Waals surface area (Å²) < 4.78 is 20.6. The lowest BCUT2D eigenvalue weighted by Crippen LogP contribution is -2.45. The van der Waals surface area contributed by atoms with Gasteiger partial charge in [-0.1, -0.05) is 12.1 Å². The summed E-state index contributed by atoms with van der Waals surface area (Å²) in [7, 11) is 3.73. The Morgan fingerprint density at radius 3 is 2.70 bits per heavy atom. The third-order valence-electron chi connectivity index (χ3n) is 4.66. The van der Waals surface area contributed by atoms with Crippen molar-refractivity contribution in [3.63, 3.8) is 0 Å². The van der Waals surface area contributed by atoms with Crippen molar-refractivity contribution in [1.82, 2.24) is 14.7 Å². The molecule has 5 heteroatoms. The van der Waals surface area contributed by atoms with Gasteiger partial charge in [-0.05, 0) is 43.0 Å². The molecule has 1 aliphatic rings. The predicted octanol–water partition coefficient (Wildman–Crippen LogP) is 2.64. The molecular weight excluding hydrogens is 293 g/mol. The van der Waals surface area contributed by atoms with Crippen LogP contribution >= 0.6 is 0 Å². The van der Waals surface area contributed by atoms with E-state index in [2.05, 4.69) is 16.2 Å². The molecule has 1 aliphatic heterocycles. The Balaban J connectivity index is 1.58. The Bertz CT molecular complexity index is 625. The van der Waals surface area contributed by atoms with E-state index in [1.807, 2.05) is 30.1 Å². The van der Waals surface area contributed by atoms with E-state index in [0.29, 0.717) is 5.92 Å². The van der Waals surface area contributed by atoms with E-state index in [1.165, 1.54) is 23.3 Å². The molecule has 0 saturated carbocycles. The van der Waals surface area contributed by atoms with Crippen LogP contribution < -0.4 is 0 Å². The highest BCUT2D eigenvalue weighted by molar-refractivity contribution is 5.17. The molecule has 1 saturated heterocycles. The third kappa shape index (κ3) is 4.18. The number of ether oxygens (including phenoxy) is 1. The molecule has 0 radical (unpaired) electrons. The smallest absolute Gasteiger partial charge is 0.123 e. The molecule has 23 heavy (non-hydrogen) atoms. The Morgan fingerprint density at radius 2 is 2.04 bits per heavy atom. The fourth-order valence-corrected chi connectivity index (χ4v) is 3.41. The highest BCUT2D eigenvalue weighted by Crippen LogP contribution is 2.25. The van der Waals surface area contributed by atoms with Crippen LogP contribution in [0, 0.1) is 11.7 Å². The van der Waals surface area contributed by atoms with Gasteiger partial charge in [-0.3, -0.25) is 9.58 Å². The van der Waals surface area contributed by atoms with Gasteiger partial charge in [0.25, 0.3) is 0 Å². The van der Waals surface area contributed by atoms with Gasteiger partial charge in [-0.2, -0.15) is 5.10 Å². The quantitative estimate of drug-likeness (QED) is 0.849. The highest BCUT2D eigenvalue weighted by Gasteiger charge is 2.29. The van der Waals surface area contributed by atoms with Gasteiger partial charge in [0.15, 0.2) is 0 Å². The van der Waals surface area contributed by atoms with Crippen LogP contribution in [0.25, 0.3) is 0 Å². The average Bonchev–Trinajstić information content (AvgIpc) is 2.96. The molecule has 0 bridgehead atoms. The van der Waals surface area contributed by atoms with E-state index in [4.69, 9.17) is 4.74 Å². The van der Waals surface area contributed by atoms with E-state index in [1.54, 1.807) is 7.11 Å². The molecule has 1 aromatic carbocycles. The molecule has 0 spiro atoms. The van der Waals surface area contributed by atoms with Crippen molar-refractivity contribution in [2.75, 3.05) is 20.2 Å². The Labute approximate surface area is 136 Å². The summed E-state index contributed by atoms with van der Waals surface area (Å²) in [6.45, 7) is 2.90. The first-order valence-corrected chi connectivity index (χ1v) is 8.11. The monoisotopic (exact) mass is 317 g/mol. The number of likely N-dealkylation sites (tertiary alicyclic amines) is 1. The minimum absolute atomic E-state index is 0.177. The maximum Gasteiger partial charge on any atom is 0.123 e. The summed E-state index contributed by atoms with van der Waals surface area (Å²) in [6.07, 6.45) is 6.24. The standard InChI is InChI=1S/C18H24FN3O/c1-21-11-15(10-20-21)12-22-8-7-16(18(13-22)23-2)9-14-3-5-17(19)6-4-14/h3-6,10-11,16,18H,7-9,12-13H2,1-2H3/t16-,18+/m1/s1. The van der Waals surface area contributed by atoms with E-state index in [9.17, 15) is 4.39 Å². The maximum atomic E-state index is 13.0. The number of benzene rings is 1. The number of aromatic nitrogens is 2. The zero-order valence-corrected chi connectivity index (χ0v) is 13.8. The lowest BCUT2D eigenvalue weighted by atomic mass is 9.87. The lowest BCUT2D eigenvalue weighted by molar-refractivity contribution is -0.0136. The van der Waals surface area contributed by atoms with Gasteiger partial charge in [0.2, 0.25) is 0 Å². The van der Waals surface area contributed by atoms with Crippen molar-refractivity contribution in [3.8, 4) is 0 Å². The van der Waals surface area contributed by atoms with Gasteiger partial charge in [0, 0.05) is 39.0 Å². The predicted molar refractivity (Wildman–Crippen MR) is 87.5 cm³/mol. The zero-order chi connectivity index (χ0) is 16.2. The molecular formula is C18H24FN3O. The van der Waals surface area contributed by atoms with Crippen LogP contribution in [-0.4, -0.2) is 41.0 Å². The normalized spacial score (nSPS) is 22.4. The molecule has 3 rings (SSSR count). The Hall–Kier alpha value is -1.72. The first-order valence-electron chi connectivity index (χ1n) is 8.11. The number of hydrogen-bond donors (Lipinski definition) is 0. The highest BCUT2D eigenvalue weighted by atomic mass is 19.1. The van der Waals surface area contributed by atoms with Gasteiger partial charge in [0.1, 0.15) is 5.82 Å².